The first kappa shape index (κ1) is 11.7. The van der Waals surface area contributed by atoms with Crippen LogP contribution in [0.25, 0.3) is 0 Å². The van der Waals surface area contributed by atoms with Gasteiger partial charge in [-0.2, -0.15) is 0 Å². The molecule has 1 rings (SSSR count). The number of allylic oxidation sites excluding steroid dienone is 2. The van der Waals surface area contributed by atoms with Crippen molar-refractivity contribution in [3.05, 3.63) is 11.6 Å². The molecule has 0 radical (unpaired) electrons. The van der Waals surface area contributed by atoms with E-state index in [9.17, 15) is 5.11 Å². The fourth-order valence-electron chi connectivity index (χ4n) is 2.16. The summed E-state index contributed by atoms with van der Waals surface area (Å²) < 4.78 is 0. The molecule has 0 spiro atoms. The predicted molar refractivity (Wildman–Crippen MR) is 60.3 cm³/mol. The number of hydrogen-bond acceptors (Lipinski definition) is 2. The van der Waals surface area contributed by atoms with E-state index in [2.05, 4.69) is 32.2 Å². The van der Waals surface area contributed by atoms with Crippen LogP contribution in [-0.4, -0.2) is 23.8 Å². The van der Waals surface area contributed by atoms with Crippen molar-refractivity contribution in [2.24, 2.45) is 5.92 Å². The average Bonchev–Trinajstić information content (AvgIpc) is 2.01. The topological polar surface area (TPSA) is 32.3 Å². The van der Waals surface area contributed by atoms with Gasteiger partial charge in [0.2, 0.25) is 0 Å². The summed E-state index contributed by atoms with van der Waals surface area (Å²) in [5.74, 6) is 0.598. The molecule has 2 N–H and O–H groups in total. The van der Waals surface area contributed by atoms with E-state index in [-0.39, 0.29) is 0 Å². The van der Waals surface area contributed by atoms with Crippen LogP contribution in [0.2, 0.25) is 0 Å². The Kier molecular flexibility index (Phi) is 4.14. The summed E-state index contributed by atoms with van der Waals surface area (Å²) in [6.07, 6.45) is 5.02. The van der Waals surface area contributed by atoms with E-state index < -0.39 is 5.60 Å². The van der Waals surface area contributed by atoms with Gasteiger partial charge in [-0.1, -0.05) is 18.6 Å². The fraction of sp³-hybridized carbons (Fsp3) is 0.833. The molecule has 2 unspecified atom stereocenters. The minimum absolute atomic E-state index is 0.469. The molecule has 0 aromatic rings. The molecule has 2 heteroatoms. The molecule has 0 amide bonds. The van der Waals surface area contributed by atoms with Crippen LogP contribution < -0.4 is 5.32 Å². The Morgan fingerprint density at radius 2 is 2.29 bits per heavy atom. The fourth-order valence-corrected chi connectivity index (χ4v) is 2.16. The summed E-state index contributed by atoms with van der Waals surface area (Å²) >= 11 is 0. The van der Waals surface area contributed by atoms with Gasteiger partial charge in [0.15, 0.2) is 0 Å². The first-order valence-corrected chi connectivity index (χ1v) is 5.58. The Morgan fingerprint density at radius 3 is 2.86 bits per heavy atom. The average molecular weight is 197 g/mol. The molecule has 0 saturated carbocycles. The molecule has 0 aromatic heterocycles. The van der Waals surface area contributed by atoms with Crippen molar-refractivity contribution in [1.29, 1.82) is 0 Å². The summed E-state index contributed by atoms with van der Waals surface area (Å²) in [5, 5.41) is 13.6. The summed E-state index contributed by atoms with van der Waals surface area (Å²) in [4.78, 5) is 0. The second kappa shape index (κ2) is 4.94. The molecular formula is C12H23NO. The van der Waals surface area contributed by atoms with Gasteiger partial charge in [0, 0.05) is 6.54 Å². The predicted octanol–water partition coefficient (Wildman–Crippen LogP) is 2.09. The Balaban J connectivity index is 2.37. The first-order valence-electron chi connectivity index (χ1n) is 5.58. The zero-order chi connectivity index (χ0) is 10.6. The molecule has 0 bridgehead atoms. The van der Waals surface area contributed by atoms with Crippen LogP contribution in [0.5, 0.6) is 0 Å². The SMILES string of the molecule is CC(C)=CCCC1(O)CNCC(C)C1. The van der Waals surface area contributed by atoms with Gasteiger partial charge in [-0.3, -0.25) is 0 Å². The molecule has 14 heavy (non-hydrogen) atoms. The summed E-state index contributed by atoms with van der Waals surface area (Å²) in [7, 11) is 0. The first-order chi connectivity index (χ1) is 6.52. The highest BCUT2D eigenvalue weighted by Crippen LogP contribution is 2.25. The quantitative estimate of drug-likeness (QED) is 0.679. The molecule has 1 aliphatic heterocycles. The standard InChI is InChI=1S/C12H23NO/c1-10(2)5-4-6-12(14)7-11(3)8-13-9-12/h5,11,13-14H,4,6-9H2,1-3H3. The van der Waals surface area contributed by atoms with Gasteiger partial charge in [0.05, 0.1) is 5.60 Å². The van der Waals surface area contributed by atoms with Crippen molar-refractivity contribution in [3.63, 3.8) is 0 Å². The lowest BCUT2D eigenvalue weighted by molar-refractivity contribution is -0.00649. The maximum Gasteiger partial charge on any atom is 0.0777 e. The van der Waals surface area contributed by atoms with Gasteiger partial charge in [0.1, 0.15) is 0 Å². The van der Waals surface area contributed by atoms with Gasteiger partial charge < -0.3 is 10.4 Å². The van der Waals surface area contributed by atoms with E-state index >= 15 is 0 Å². The maximum absolute atomic E-state index is 10.3. The summed E-state index contributed by atoms with van der Waals surface area (Å²) in [6, 6.07) is 0. The number of rotatable bonds is 3. The number of piperidine rings is 1. The summed E-state index contributed by atoms with van der Waals surface area (Å²) in [6.45, 7) is 8.20. The molecule has 0 aromatic carbocycles. The van der Waals surface area contributed by atoms with Crippen molar-refractivity contribution in [2.45, 2.75) is 45.6 Å². The second-order valence-electron chi connectivity index (χ2n) is 4.98. The van der Waals surface area contributed by atoms with Crippen LogP contribution in [0, 0.1) is 5.92 Å². The van der Waals surface area contributed by atoms with Crippen molar-refractivity contribution in [2.75, 3.05) is 13.1 Å². The smallest absolute Gasteiger partial charge is 0.0777 e. The van der Waals surface area contributed by atoms with Gasteiger partial charge in [-0.15, -0.1) is 0 Å². The Labute approximate surface area is 87.4 Å². The highest BCUT2D eigenvalue weighted by Gasteiger charge is 2.31. The molecule has 0 aliphatic carbocycles. The second-order valence-corrected chi connectivity index (χ2v) is 4.98. The van der Waals surface area contributed by atoms with Crippen molar-refractivity contribution in [3.8, 4) is 0 Å². The van der Waals surface area contributed by atoms with Gasteiger partial charge in [0.25, 0.3) is 0 Å². The van der Waals surface area contributed by atoms with Crippen molar-refractivity contribution >= 4 is 0 Å². The van der Waals surface area contributed by atoms with Crippen molar-refractivity contribution in [1.82, 2.24) is 5.32 Å². The maximum atomic E-state index is 10.3. The van der Waals surface area contributed by atoms with Gasteiger partial charge in [-0.25, -0.2) is 0 Å². The number of nitrogens with one attached hydrogen (secondary N) is 1. The molecule has 1 aliphatic rings. The Hall–Kier alpha value is -0.340. The molecule has 1 fully saturated rings. The van der Waals surface area contributed by atoms with E-state index in [1.807, 2.05) is 0 Å². The zero-order valence-corrected chi connectivity index (χ0v) is 9.64. The highest BCUT2D eigenvalue weighted by atomic mass is 16.3. The lowest BCUT2D eigenvalue weighted by Gasteiger charge is -2.36. The molecule has 1 heterocycles. The number of β-amino-alcohol motifs (C(OH)–C–C–N with tert-alkyl or cyclic N) is 1. The van der Waals surface area contributed by atoms with Gasteiger partial charge in [-0.05, 0) is 45.6 Å². The number of hydrogen-bond donors (Lipinski definition) is 2. The molecule has 2 nitrogen and oxygen atoms in total. The van der Waals surface area contributed by atoms with Crippen LogP contribution in [-0.2, 0) is 0 Å². The molecule has 2 atom stereocenters. The Bertz CT molecular complexity index is 208. The van der Waals surface area contributed by atoms with Crippen LogP contribution >= 0.6 is 0 Å². The lowest BCUT2D eigenvalue weighted by Crippen LogP contribution is -2.48. The van der Waals surface area contributed by atoms with E-state index in [1.54, 1.807) is 0 Å². The van der Waals surface area contributed by atoms with E-state index in [4.69, 9.17) is 0 Å². The summed E-state index contributed by atoms with van der Waals surface area (Å²) in [5.41, 5.74) is 0.870. The van der Waals surface area contributed by atoms with Crippen LogP contribution in [0.4, 0.5) is 0 Å². The zero-order valence-electron chi connectivity index (χ0n) is 9.64. The third-order valence-corrected chi connectivity index (χ3v) is 2.84. The third-order valence-electron chi connectivity index (χ3n) is 2.84. The van der Waals surface area contributed by atoms with Crippen LogP contribution in [0.3, 0.4) is 0 Å². The van der Waals surface area contributed by atoms with E-state index in [1.165, 1.54) is 5.57 Å². The minimum atomic E-state index is -0.469. The number of aliphatic hydroxyl groups is 1. The normalized spacial score (nSPS) is 32.7. The van der Waals surface area contributed by atoms with Crippen LogP contribution in [0.1, 0.15) is 40.0 Å². The Morgan fingerprint density at radius 1 is 1.57 bits per heavy atom. The van der Waals surface area contributed by atoms with Gasteiger partial charge >= 0.3 is 0 Å². The van der Waals surface area contributed by atoms with Crippen molar-refractivity contribution < 1.29 is 5.11 Å². The highest BCUT2D eigenvalue weighted by molar-refractivity contribution is 4.96. The molecule has 82 valence electrons. The van der Waals surface area contributed by atoms with E-state index in [0.717, 1.165) is 32.4 Å². The van der Waals surface area contributed by atoms with E-state index in [0.29, 0.717) is 5.92 Å². The lowest BCUT2D eigenvalue weighted by atomic mass is 9.84. The van der Waals surface area contributed by atoms with Crippen LogP contribution in [0.15, 0.2) is 11.6 Å². The molecule has 1 saturated heterocycles. The minimum Gasteiger partial charge on any atom is -0.389 e. The molecular weight excluding hydrogens is 174 g/mol. The third kappa shape index (κ3) is 3.81. The largest absolute Gasteiger partial charge is 0.389 e. The monoisotopic (exact) mass is 197 g/mol.